The Hall–Kier alpha value is -1.42. The molecular formula is C15H19FN2O2S. The van der Waals surface area contributed by atoms with Crippen LogP contribution in [-0.2, 0) is 10.0 Å². The zero-order valence-electron chi connectivity index (χ0n) is 12.0. The first-order chi connectivity index (χ1) is 9.95. The van der Waals surface area contributed by atoms with Gasteiger partial charge in [-0.15, -0.1) is 0 Å². The van der Waals surface area contributed by atoms with E-state index in [2.05, 4.69) is 18.8 Å². The van der Waals surface area contributed by atoms with Gasteiger partial charge in [-0.25, -0.2) is 12.8 Å². The number of rotatable bonds is 2. The molecular weight excluding hydrogens is 291 g/mol. The van der Waals surface area contributed by atoms with Gasteiger partial charge in [-0.1, -0.05) is 18.8 Å². The van der Waals surface area contributed by atoms with Gasteiger partial charge in [0.1, 0.15) is 5.82 Å². The summed E-state index contributed by atoms with van der Waals surface area (Å²) in [5.74, 6) is 5.25. The summed E-state index contributed by atoms with van der Waals surface area (Å²) in [6.07, 6.45) is 1.68. The molecule has 0 saturated carbocycles. The normalized spacial score (nSPS) is 17.3. The second kappa shape index (κ2) is 6.56. The largest absolute Gasteiger partial charge is 0.320 e. The predicted molar refractivity (Wildman–Crippen MR) is 79.5 cm³/mol. The Morgan fingerprint density at radius 3 is 2.67 bits per heavy atom. The van der Waals surface area contributed by atoms with E-state index in [0.717, 1.165) is 25.0 Å². The van der Waals surface area contributed by atoms with Gasteiger partial charge in [0.25, 0.3) is 0 Å². The predicted octanol–water partition coefficient (Wildman–Crippen LogP) is 1.56. The summed E-state index contributed by atoms with van der Waals surface area (Å²) in [5, 5.41) is 0. The highest BCUT2D eigenvalue weighted by atomic mass is 32.2. The molecule has 1 aromatic carbocycles. The summed E-state index contributed by atoms with van der Waals surface area (Å²) in [6.45, 7) is 3.19. The van der Waals surface area contributed by atoms with Gasteiger partial charge in [0.05, 0.1) is 11.4 Å². The van der Waals surface area contributed by atoms with Crippen LogP contribution in [0, 0.1) is 23.6 Å². The van der Waals surface area contributed by atoms with Crippen molar-refractivity contribution < 1.29 is 12.8 Å². The van der Waals surface area contributed by atoms with Crippen LogP contribution in [0.5, 0.6) is 0 Å². The lowest BCUT2D eigenvalue weighted by Crippen LogP contribution is -2.38. The van der Waals surface area contributed by atoms with Crippen molar-refractivity contribution in [3.05, 3.63) is 29.6 Å². The maximum atomic E-state index is 13.3. The summed E-state index contributed by atoms with van der Waals surface area (Å²) in [4.78, 5) is 0.0550. The SMILES string of the molecule is CC1CCN(S(=O)(=O)c2ccc(F)cc2C#CCN)CC1. The second-order valence-corrected chi connectivity index (χ2v) is 7.14. The van der Waals surface area contributed by atoms with Crippen LogP contribution in [0.25, 0.3) is 0 Å². The Bertz CT molecular complexity index is 669. The Labute approximate surface area is 125 Å². The Morgan fingerprint density at radius 1 is 1.38 bits per heavy atom. The number of nitrogens with zero attached hydrogens (tertiary/aromatic N) is 1. The zero-order chi connectivity index (χ0) is 15.5. The third kappa shape index (κ3) is 3.62. The summed E-state index contributed by atoms with van der Waals surface area (Å²) in [7, 11) is -3.64. The monoisotopic (exact) mass is 310 g/mol. The van der Waals surface area contributed by atoms with E-state index >= 15 is 0 Å². The highest BCUT2D eigenvalue weighted by Gasteiger charge is 2.29. The molecule has 0 amide bonds. The molecule has 0 radical (unpaired) electrons. The highest BCUT2D eigenvalue weighted by molar-refractivity contribution is 7.89. The van der Waals surface area contributed by atoms with Crippen molar-refractivity contribution in [2.24, 2.45) is 11.7 Å². The number of benzene rings is 1. The Morgan fingerprint density at radius 2 is 2.05 bits per heavy atom. The maximum Gasteiger partial charge on any atom is 0.244 e. The van der Waals surface area contributed by atoms with Gasteiger partial charge in [0.2, 0.25) is 10.0 Å². The van der Waals surface area contributed by atoms with Crippen LogP contribution in [0.2, 0.25) is 0 Å². The summed E-state index contributed by atoms with van der Waals surface area (Å²) >= 11 is 0. The smallest absolute Gasteiger partial charge is 0.244 e. The molecule has 1 saturated heterocycles. The molecule has 21 heavy (non-hydrogen) atoms. The summed E-state index contributed by atoms with van der Waals surface area (Å²) in [6, 6.07) is 3.57. The molecule has 1 heterocycles. The number of piperidine rings is 1. The topological polar surface area (TPSA) is 63.4 Å². The lowest BCUT2D eigenvalue weighted by molar-refractivity contribution is 0.288. The van der Waals surface area contributed by atoms with E-state index in [1.807, 2.05) is 0 Å². The average Bonchev–Trinajstić information content (AvgIpc) is 2.45. The first-order valence-electron chi connectivity index (χ1n) is 6.94. The van der Waals surface area contributed by atoms with Gasteiger partial charge in [-0.2, -0.15) is 4.31 Å². The fourth-order valence-corrected chi connectivity index (χ4v) is 3.93. The minimum atomic E-state index is -3.64. The standard InChI is InChI=1S/C15H19FN2O2S/c1-12-6-9-18(10-7-12)21(19,20)15-5-4-14(16)11-13(15)3-2-8-17/h4-5,11-12H,6-10,17H2,1H3. The van der Waals surface area contributed by atoms with Crippen LogP contribution >= 0.6 is 0 Å². The lowest BCUT2D eigenvalue weighted by atomic mass is 10.0. The van der Waals surface area contributed by atoms with Crippen LogP contribution in [0.15, 0.2) is 23.1 Å². The van der Waals surface area contributed by atoms with E-state index in [0.29, 0.717) is 19.0 Å². The average molecular weight is 310 g/mol. The molecule has 0 atom stereocenters. The van der Waals surface area contributed by atoms with Crippen LogP contribution in [0.4, 0.5) is 4.39 Å². The second-order valence-electron chi connectivity index (χ2n) is 5.23. The number of hydrogen-bond donors (Lipinski definition) is 1. The lowest BCUT2D eigenvalue weighted by Gasteiger charge is -2.29. The first-order valence-corrected chi connectivity index (χ1v) is 8.38. The third-order valence-corrected chi connectivity index (χ3v) is 5.58. The van der Waals surface area contributed by atoms with E-state index in [1.165, 1.54) is 10.4 Å². The number of nitrogens with two attached hydrogens (primary N) is 1. The molecule has 1 aliphatic rings. The Kier molecular flexibility index (Phi) is 4.99. The van der Waals surface area contributed by atoms with Crippen molar-refractivity contribution in [3.8, 4) is 11.8 Å². The molecule has 0 aromatic heterocycles. The first kappa shape index (κ1) is 16.0. The van der Waals surface area contributed by atoms with E-state index in [9.17, 15) is 12.8 Å². The van der Waals surface area contributed by atoms with Crippen molar-refractivity contribution >= 4 is 10.0 Å². The fraction of sp³-hybridized carbons (Fsp3) is 0.467. The Balaban J connectivity index is 2.40. The van der Waals surface area contributed by atoms with Crippen LogP contribution in [0.3, 0.4) is 0 Å². The van der Waals surface area contributed by atoms with Gasteiger partial charge < -0.3 is 5.73 Å². The van der Waals surface area contributed by atoms with Crippen molar-refractivity contribution in [2.75, 3.05) is 19.6 Å². The van der Waals surface area contributed by atoms with Crippen molar-refractivity contribution in [1.82, 2.24) is 4.31 Å². The molecule has 114 valence electrons. The van der Waals surface area contributed by atoms with Gasteiger partial charge in [-0.3, -0.25) is 0 Å². The molecule has 0 bridgehead atoms. The third-order valence-electron chi connectivity index (χ3n) is 3.63. The molecule has 4 nitrogen and oxygen atoms in total. The van der Waals surface area contributed by atoms with Crippen molar-refractivity contribution in [2.45, 2.75) is 24.7 Å². The van der Waals surface area contributed by atoms with Crippen LogP contribution in [-0.4, -0.2) is 32.4 Å². The van der Waals surface area contributed by atoms with Crippen molar-refractivity contribution in [1.29, 1.82) is 0 Å². The quantitative estimate of drug-likeness (QED) is 0.843. The fourth-order valence-electron chi connectivity index (χ4n) is 2.34. The molecule has 1 aromatic rings. The van der Waals surface area contributed by atoms with Gasteiger partial charge >= 0.3 is 0 Å². The summed E-state index contributed by atoms with van der Waals surface area (Å²) in [5.41, 5.74) is 5.47. The van der Waals surface area contributed by atoms with Gasteiger partial charge in [-0.05, 0) is 37.0 Å². The number of sulfonamides is 1. The van der Waals surface area contributed by atoms with Gasteiger partial charge in [0, 0.05) is 18.7 Å². The van der Waals surface area contributed by atoms with Crippen LogP contribution in [0.1, 0.15) is 25.3 Å². The maximum absolute atomic E-state index is 13.3. The minimum Gasteiger partial charge on any atom is -0.320 e. The zero-order valence-corrected chi connectivity index (χ0v) is 12.8. The van der Waals surface area contributed by atoms with E-state index in [4.69, 9.17) is 5.73 Å². The molecule has 1 fully saturated rings. The van der Waals surface area contributed by atoms with Gasteiger partial charge in [0.15, 0.2) is 0 Å². The van der Waals surface area contributed by atoms with E-state index in [1.54, 1.807) is 0 Å². The number of halogens is 1. The number of hydrogen-bond acceptors (Lipinski definition) is 3. The minimum absolute atomic E-state index is 0.0550. The molecule has 2 N–H and O–H groups in total. The van der Waals surface area contributed by atoms with Crippen molar-refractivity contribution in [3.63, 3.8) is 0 Å². The van der Waals surface area contributed by atoms with Crippen LogP contribution < -0.4 is 5.73 Å². The van der Waals surface area contributed by atoms with E-state index in [-0.39, 0.29) is 17.0 Å². The molecule has 6 heteroatoms. The molecule has 2 rings (SSSR count). The molecule has 1 aliphatic heterocycles. The van der Waals surface area contributed by atoms with E-state index < -0.39 is 15.8 Å². The molecule has 0 spiro atoms. The summed E-state index contributed by atoms with van der Waals surface area (Å²) < 4.78 is 40.2. The highest BCUT2D eigenvalue weighted by Crippen LogP contribution is 2.25. The molecule has 0 aliphatic carbocycles. The molecule has 0 unspecified atom stereocenters.